The lowest BCUT2D eigenvalue weighted by Crippen LogP contribution is -2.57. The van der Waals surface area contributed by atoms with Crippen LogP contribution in [-0.4, -0.2) is 78.2 Å². The van der Waals surface area contributed by atoms with Crippen LogP contribution in [0.2, 0.25) is 0 Å². The summed E-state index contributed by atoms with van der Waals surface area (Å²) in [6, 6.07) is 1.75. The molecule has 0 radical (unpaired) electrons. The number of ether oxygens (including phenoxy) is 1. The Kier molecular flexibility index (Phi) is 9.15. The van der Waals surface area contributed by atoms with Crippen LogP contribution in [0.3, 0.4) is 0 Å². The minimum atomic E-state index is -0.876. The van der Waals surface area contributed by atoms with Gasteiger partial charge < -0.3 is 19.9 Å². The van der Waals surface area contributed by atoms with Crippen molar-refractivity contribution in [2.45, 2.75) is 115 Å². The van der Waals surface area contributed by atoms with E-state index in [9.17, 15) is 14.9 Å². The molecule has 0 aromatic heterocycles. The molecule has 0 spiro atoms. The van der Waals surface area contributed by atoms with Gasteiger partial charge in [0.05, 0.1) is 12.7 Å². The molecule has 3 atom stereocenters. The first-order chi connectivity index (χ1) is 18.5. The van der Waals surface area contributed by atoms with Gasteiger partial charge >= 0.3 is 6.09 Å². The van der Waals surface area contributed by atoms with Gasteiger partial charge in [-0.2, -0.15) is 5.26 Å². The second-order valence-electron chi connectivity index (χ2n) is 13.8. The summed E-state index contributed by atoms with van der Waals surface area (Å²) in [4.78, 5) is 36.2. The van der Waals surface area contributed by atoms with Crippen LogP contribution in [0.4, 0.5) is 4.79 Å². The number of nitriles is 1. The number of fused-ring (bicyclic) bond motifs is 2. The first-order valence-electron chi connectivity index (χ1n) is 15.2. The molecule has 9 nitrogen and oxygen atoms in total. The lowest BCUT2D eigenvalue weighted by Gasteiger charge is -2.44. The molecule has 2 heterocycles. The van der Waals surface area contributed by atoms with Crippen molar-refractivity contribution in [2.75, 3.05) is 33.3 Å². The topological polar surface area (TPSA) is 110 Å². The highest BCUT2D eigenvalue weighted by atomic mass is 16.5. The molecule has 2 saturated heterocycles. The summed E-state index contributed by atoms with van der Waals surface area (Å²) in [6.07, 6.45) is 10.2. The molecule has 2 saturated carbocycles. The number of amides is 2. The van der Waals surface area contributed by atoms with E-state index in [-0.39, 0.29) is 23.5 Å². The first kappa shape index (κ1) is 29.6. The molecule has 4 aliphatic rings. The molecule has 2 aliphatic heterocycles. The van der Waals surface area contributed by atoms with Gasteiger partial charge in [-0.1, -0.05) is 46.0 Å². The molecule has 0 aromatic rings. The molecule has 4 fully saturated rings. The van der Waals surface area contributed by atoms with Crippen molar-refractivity contribution in [1.82, 2.24) is 20.4 Å². The van der Waals surface area contributed by atoms with E-state index < -0.39 is 17.7 Å². The maximum absolute atomic E-state index is 14.0. The second-order valence-corrected chi connectivity index (χ2v) is 13.8. The van der Waals surface area contributed by atoms with Crippen LogP contribution in [0.1, 0.15) is 98.3 Å². The molecule has 39 heavy (non-hydrogen) atoms. The van der Waals surface area contributed by atoms with Gasteiger partial charge in [-0.3, -0.25) is 10.1 Å². The van der Waals surface area contributed by atoms with E-state index in [0.29, 0.717) is 37.1 Å². The van der Waals surface area contributed by atoms with Crippen molar-refractivity contribution in [3.63, 3.8) is 0 Å². The lowest BCUT2D eigenvalue weighted by molar-refractivity contribution is -0.124. The van der Waals surface area contributed by atoms with Crippen molar-refractivity contribution in [3.8, 4) is 6.07 Å². The second kappa shape index (κ2) is 12.0. The summed E-state index contributed by atoms with van der Waals surface area (Å²) in [5.41, 5.74) is -0.828. The molecule has 2 aliphatic carbocycles. The highest BCUT2D eigenvalue weighted by Crippen LogP contribution is 2.51. The third-order valence-corrected chi connectivity index (χ3v) is 9.55. The minimum Gasteiger partial charge on any atom is -0.450 e. The molecule has 218 valence electrons. The number of aliphatic imine (C=N–C) groups is 1. The molecular weight excluding hydrogens is 492 g/mol. The summed E-state index contributed by atoms with van der Waals surface area (Å²) >= 11 is 0. The van der Waals surface area contributed by atoms with E-state index in [1.54, 1.807) is 6.92 Å². The number of rotatable bonds is 6. The Labute approximate surface area is 235 Å². The van der Waals surface area contributed by atoms with Crippen molar-refractivity contribution in [3.05, 3.63) is 0 Å². The average Bonchev–Trinajstić information content (AvgIpc) is 3.13. The van der Waals surface area contributed by atoms with Gasteiger partial charge in [0.15, 0.2) is 0 Å². The number of guanidine groups is 1. The van der Waals surface area contributed by atoms with Gasteiger partial charge in [0.2, 0.25) is 11.9 Å². The highest BCUT2D eigenvalue weighted by Gasteiger charge is 2.52. The van der Waals surface area contributed by atoms with Gasteiger partial charge in [0, 0.05) is 25.2 Å². The van der Waals surface area contributed by atoms with E-state index in [2.05, 4.69) is 47.3 Å². The predicted octanol–water partition coefficient (Wildman–Crippen LogP) is 4.43. The summed E-state index contributed by atoms with van der Waals surface area (Å²) in [6.45, 7) is 11.3. The van der Waals surface area contributed by atoms with E-state index in [1.807, 2.05) is 7.05 Å². The average molecular weight is 543 g/mol. The van der Waals surface area contributed by atoms with E-state index in [4.69, 9.17) is 9.73 Å². The molecule has 2 unspecified atom stereocenters. The third kappa shape index (κ3) is 7.25. The Balaban J connectivity index is 1.65. The van der Waals surface area contributed by atoms with Crippen molar-refractivity contribution in [2.24, 2.45) is 22.2 Å². The molecule has 0 aromatic carbocycles. The first-order valence-corrected chi connectivity index (χ1v) is 15.2. The predicted molar refractivity (Wildman–Crippen MR) is 152 cm³/mol. The van der Waals surface area contributed by atoms with Crippen LogP contribution in [0, 0.1) is 28.6 Å². The summed E-state index contributed by atoms with van der Waals surface area (Å²) in [5, 5.41) is 16.2. The molecule has 2 N–H and O–H groups in total. The van der Waals surface area contributed by atoms with E-state index in [1.165, 1.54) is 19.3 Å². The molecule has 2 amide bonds. The zero-order valence-corrected chi connectivity index (χ0v) is 24.9. The monoisotopic (exact) mass is 542 g/mol. The van der Waals surface area contributed by atoms with Crippen molar-refractivity contribution in [1.29, 1.82) is 5.26 Å². The molecular formula is C30H50N6O3. The van der Waals surface area contributed by atoms with E-state index in [0.717, 1.165) is 51.7 Å². The number of carbonyl (C=O) groups is 2. The van der Waals surface area contributed by atoms with Crippen molar-refractivity contribution < 1.29 is 14.3 Å². The van der Waals surface area contributed by atoms with Gasteiger partial charge in [0.25, 0.3) is 0 Å². The Morgan fingerprint density at radius 3 is 2.46 bits per heavy atom. The summed E-state index contributed by atoms with van der Waals surface area (Å²) < 4.78 is 5.27. The van der Waals surface area contributed by atoms with Crippen LogP contribution in [-0.2, 0) is 9.53 Å². The maximum Gasteiger partial charge on any atom is 0.413 e. The zero-order chi connectivity index (χ0) is 28.3. The Morgan fingerprint density at radius 1 is 1.13 bits per heavy atom. The van der Waals surface area contributed by atoms with Gasteiger partial charge in [-0.25, -0.2) is 9.79 Å². The quantitative estimate of drug-likeness (QED) is 0.380. The molecule has 9 heteroatoms. The normalized spacial score (nSPS) is 29.8. The largest absolute Gasteiger partial charge is 0.450 e. The number of piperidine rings is 1. The number of carbonyl (C=O) groups excluding carboxylic acids is 2. The number of alkyl carbamates (subject to hydrolysis) is 1. The third-order valence-electron chi connectivity index (χ3n) is 9.55. The zero-order valence-electron chi connectivity index (χ0n) is 24.9. The van der Waals surface area contributed by atoms with Gasteiger partial charge in [-0.05, 0) is 76.7 Å². The fourth-order valence-corrected chi connectivity index (χ4v) is 7.92. The molecule has 2 bridgehead atoms. The Bertz CT molecular complexity index is 960. The van der Waals surface area contributed by atoms with Crippen LogP contribution in [0.15, 0.2) is 4.99 Å². The fourth-order valence-electron chi connectivity index (χ4n) is 7.92. The Morgan fingerprint density at radius 2 is 1.82 bits per heavy atom. The van der Waals surface area contributed by atoms with Crippen LogP contribution < -0.4 is 10.6 Å². The smallest absolute Gasteiger partial charge is 0.413 e. The number of hydrogen-bond donors (Lipinski definition) is 2. The SMILES string of the molecule is CCOC(=O)NC(=N[C@@H](CC1CCCCC1)C(=O)NC1(C#N)CCN(C)CC1)N1CC2CC(C)(C)CC1(C)C2. The standard InChI is InChI=1S/C30H50N6O3/c1-6-39-27(38)33-26(36-19-23-17-28(2,3)20-29(36,4)18-23)32-24(16-22-10-8-7-9-11-22)25(37)34-30(21-31)12-14-35(5)15-13-30/h22-24H,6-20H2,1-5H3,(H,34,37)(H,32,33,38)/t23?,24-,29?/m0/s1. The number of nitrogens with one attached hydrogen (secondary N) is 2. The van der Waals surface area contributed by atoms with Crippen LogP contribution >= 0.6 is 0 Å². The maximum atomic E-state index is 14.0. The number of hydrogen-bond acceptors (Lipinski definition) is 6. The van der Waals surface area contributed by atoms with Crippen LogP contribution in [0.5, 0.6) is 0 Å². The fraction of sp³-hybridized carbons (Fsp3) is 0.867. The minimum absolute atomic E-state index is 0.154. The summed E-state index contributed by atoms with van der Waals surface area (Å²) in [7, 11) is 2.04. The van der Waals surface area contributed by atoms with E-state index >= 15 is 0 Å². The van der Waals surface area contributed by atoms with Crippen LogP contribution in [0.25, 0.3) is 0 Å². The lowest BCUT2D eigenvalue weighted by atomic mass is 9.67. The van der Waals surface area contributed by atoms with Crippen molar-refractivity contribution >= 4 is 18.0 Å². The van der Waals surface area contributed by atoms with Gasteiger partial charge in [-0.15, -0.1) is 0 Å². The highest BCUT2D eigenvalue weighted by molar-refractivity contribution is 5.96. The summed E-state index contributed by atoms with van der Waals surface area (Å²) in [5.74, 6) is 1.16. The molecule has 4 rings (SSSR count). The van der Waals surface area contributed by atoms with Gasteiger partial charge in [0.1, 0.15) is 11.6 Å². The number of likely N-dealkylation sites (tertiary alicyclic amines) is 2. The Hall–Kier alpha value is -2.34. The number of nitrogens with zero attached hydrogens (tertiary/aromatic N) is 4.